The van der Waals surface area contributed by atoms with Crippen molar-refractivity contribution in [1.29, 1.82) is 0 Å². The number of ether oxygens (including phenoxy) is 1. The number of hydrogen-bond donors (Lipinski definition) is 0. The van der Waals surface area contributed by atoms with Crippen LogP contribution in [-0.4, -0.2) is 17.7 Å². The predicted molar refractivity (Wildman–Crippen MR) is 75.8 cm³/mol. The van der Waals surface area contributed by atoms with Gasteiger partial charge < -0.3 is 4.74 Å². The molecule has 1 aromatic carbocycles. The number of nitro groups is 1. The normalized spacial score (nSPS) is 10.8. The van der Waals surface area contributed by atoms with Crippen molar-refractivity contribution in [2.45, 2.75) is 6.92 Å². The monoisotopic (exact) mass is 276 g/mol. The largest absolute Gasteiger partial charge is 0.494 e. The Labute approximate surface area is 114 Å². The number of benzene rings is 1. The van der Waals surface area contributed by atoms with Gasteiger partial charge >= 0.3 is 5.00 Å². The van der Waals surface area contributed by atoms with Crippen LogP contribution >= 0.6 is 11.3 Å². The second kappa shape index (κ2) is 6.10. The molecule has 1 heterocycles. The highest BCUT2D eigenvalue weighted by atomic mass is 32.1. The zero-order valence-electron chi connectivity index (χ0n) is 10.3. The van der Waals surface area contributed by atoms with Crippen molar-refractivity contribution < 1.29 is 9.66 Å². The van der Waals surface area contributed by atoms with E-state index in [0.29, 0.717) is 6.61 Å². The molecule has 0 aliphatic heterocycles. The molecule has 0 N–H and O–H groups in total. The van der Waals surface area contributed by atoms with Crippen LogP contribution in [0.3, 0.4) is 0 Å². The lowest BCUT2D eigenvalue weighted by molar-refractivity contribution is -0.380. The van der Waals surface area contributed by atoms with Gasteiger partial charge in [-0.3, -0.25) is 15.1 Å². The van der Waals surface area contributed by atoms with Crippen LogP contribution in [0.15, 0.2) is 41.4 Å². The highest BCUT2D eigenvalue weighted by molar-refractivity contribution is 7.16. The maximum absolute atomic E-state index is 10.5. The number of nitrogens with zero attached hydrogens (tertiary/aromatic N) is 2. The quantitative estimate of drug-likeness (QED) is 0.474. The van der Waals surface area contributed by atoms with Gasteiger partial charge in [-0.15, -0.1) is 0 Å². The third kappa shape index (κ3) is 3.62. The fourth-order valence-electron chi connectivity index (χ4n) is 1.44. The molecule has 19 heavy (non-hydrogen) atoms. The summed E-state index contributed by atoms with van der Waals surface area (Å²) in [6, 6.07) is 10.5. The topological polar surface area (TPSA) is 64.7 Å². The molecule has 5 nitrogen and oxygen atoms in total. The highest BCUT2D eigenvalue weighted by Crippen LogP contribution is 2.23. The van der Waals surface area contributed by atoms with E-state index in [2.05, 4.69) is 4.99 Å². The van der Waals surface area contributed by atoms with Crippen LogP contribution in [0.4, 0.5) is 10.7 Å². The summed E-state index contributed by atoms with van der Waals surface area (Å²) in [7, 11) is 0. The minimum Gasteiger partial charge on any atom is -0.494 e. The minimum atomic E-state index is -0.404. The SMILES string of the molecule is CCOc1ccc(N=Cc2ccc([N+](=O)[O-])s2)cc1. The molecule has 0 bridgehead atoms. The van der Waals surface area contributed by atoms with Crippen molar-refractivity contribution >= 4 is 28.2 Å². The Bertz CT molecular complexity index is 590. The molecule has 0 saturated heterocycles. The number of hydrogen-bond acceptors (Lipinski definition) is 5. The van der Waals surface area contributed by atoms with Gasteiger partial charge in [-0.1, -0.05) is 11.3 Å². The van der Waals surface area contributed by atoms with Crippen LogP contribution in [0.25, 0.3) is 0 Å². The number of aliphatic imine (C=N–C) groups is 1. The van der Waals surface area contributed by atoms with Crippen molar-refractivity contribution in [2.75, 3.05) is 6.61 Å². The van der Waals surface area contributed by atoms with Gasteiger partial charge in [0.25, 0.3) is 0 Å². The third-order valence-corrected chi connectivity index (χ3v) is 3.25. The second-order valence-corrected chi connectivity index (χ2v) is 4.71. The summed E-state index contributed by atoms with van der Waals surface area (Å²) in [4.78, 5) is 15.1. The highest BCUT2D eigenvalue weighted by Gasteiger charge is 2.07. The van der Waals surface area contributed by atoms with Crippen molar-refractivity contribution in [1.82, 2.24) is 0 Å². The molecule has 0 atom stereocenters. The molecule has 2 aromatic rings. The van der Waals surface area contributed by atoms with Crippen LogP contribution < -0.4 is 4.74 Å². The van der Waals surface area contributed by atoms with Gasteiger partial charge in [0.15, 0.2) is 0 Å². The molecule has 2 rings (SSSR count). The number of thiophene rings is 1. The fraction of sp³-hybridized carbons (Fsp3) is 0.154. The molecule has 0 amide bonds. The van der Waals surface area contributed by atoms with E-state index in [-0.39, 0.29) is 5.00 Å². The molecule has 0 aliphatic carbocycles. The van der Waals surface area contributed by atoms with Crippen LogP contribution in [0.2, 0.25) is 0 Å². The Morgan fingerprint density at radius 3 is 2.63 bits per heavy atom. The summed E-state index contributed by atoms with van der Waals surface area (Å²) in [5.74, 6) is 0.799. The van der Waals surface area contributed by atoms with E-state index in [1.165, 1.54) is 6.07 Å². The lowest BCUT2D eigenvalue weighted by atomic mass is 10.3. The lowest BCUT2D eigenvalue weighted by Gasteiger charge is -2.01. The number of rotatable bonds is 5. The van der Waals surface area contributed by atoms with Gasteiger partial charge in [0.1, 0.15) is 5.75 Å². The summed E-state index contributed by atoms with van der Waals surface area (Å²) in [5, 5.41) is 10.7. The van der Waals surface area contributed by atoms with Crippen LogP contribution in [-0.2, 0) is 0 Å². The first-order valence-corrected chi connectivity index (χ1v) is 6.52. The molecule has 0 spiro atoms. The Hall–Kier alpha value is -2.21. The van der Waals surface area contributed by atoms with Crippen LogP contribution in [0.5, 0.6) is 5.75 Å². The Kier molecular flexibility index (Phi) is 4.25. The summed E-state index contributed by atoms with van der Waals surface area (Å²) in [6.07, 6.45) is 1.62. The Morgan fingerprint density at radius 1 is 1.32 bits per heavy atom. The molecule has 98 valence electrons. The van der Waals surface area contributed by atoms with Crippen molar-refractivity contribution in [3.05, 3.63) is 51.4 Å². The molecule has 0 radical (unpaired) electrons. The van der Waals surface area contributed by atoms with E-state index < -0.39 is 4.92 Å². The van der Waals surface area contributed by atoms with Crippen LogP contribution in [0.1, 0.15) is 11.8 Å². The van der Waals surface area contributed by atoms with E-state index in [1.54, 1.807) is 12.3 Å². The molecule has 0 unspecified atom stereocenters. The van der Waals surface area contributed by atoms with Crippen molar-refractivity contribution in [2.24, 2.45) is 4.99 Å². The summed E-state index contributed by atoms with van der Waals surface area (Å²) in [6.45, 7) is 2.55. The molecule has 0 aliphatic rings. The Balaban J connectivity index is 2.06. The van der Waals surface area contributed by atoms with E-state index in [9.17, 15) is 10.1 Å². The maximum Gasteiger partial charge on any atom is 0.324 e. The van der Waals surface area contributed by atoms with Crippen LogP contribution in [0, 0.1) is 10.1 Å². The van der Waals surface area contributed by atoms with Gasteiger partial charge in [0.05, 0.1) is 22.1 Å². The van der Waals surface area contributed by atoms with Gasteiger partial charge in [-0.2, -0.15) is 0 Å². The standard InChI is InChI=1S/C13H12N2O3S/c1-2-18-11-5-3-10(4-6-11)14-9-12-7-8-13(19-12)15(16)17/h3-9H,2H2,1H3. The molecular formula is C13H12N2O3S. The second-order valence-electron chi connectivity index (χ2n) is 3.62. The average Bonchev–Trinajstić information content (AvgIpc) is 2.87. The predicted octanol–water partition coefficient (Wildman–Crippen LogP) is 3.81. The Morgan fingerprint density at radius 2 is 2.05 bits per heavy atom. The van der Waals surface area contributed by atoms with Crippen molar-refractivity contribution in [3.8, 4) is 5.75 Å². The van der Waals surface area contributed by atoms with E-state index in [1.807, 2.05) is 31.2 Å². The first kappa shape index (κ1) is 13.2. The fourth-order valence-corrected chi connectivity index (χ4v) is 2.14. The van der Waals surface area contributed by atoms with E-state index in [4.69, 9.17) is 4.74 Å². The zero-order chi connectivity index (χ0) is 13.7. The van der Waals surface area contributed by atoms with E-state index in [0.717, 1.165) is 27.7 Å². The first-order valence-electron chi connectivity index (χ1n) is 5.70. The van der Waals surface area contributed by atoms with Gasteiger partial charge in [0.2, 0.25) is 0 Å². The van der Waals surface area contributed by atoms with Gasteiger partial charge in [-0.25, -0.2) is 0 Å². The van der Waals surface area contributed by atoms with Gasteiger partial charge in [-0.05, 0) is 37.3 Å². The molecule has 0 saturated carbocycles. The molecule has 0 fully saturated rings. The van der Waals surface area contributed by atoms with Gasteiger partial charge in [0, 0.05) is 12.3 Å². The average molecular weight is 276 g/mol. The smallest absolute Gasteiger partial charge is 0.324 e. The maximum atomic E-state index is 10.5. The molecule has 1 aromatic heterocycles. The third-order valence-electron chi connectivity index (χ3n) is 2.28. The van der Waals surface area contributed by atoms with Crippen molar-refractivity contribution in [3.63, 3.8) is 0 Å². The van der Waals surface area contributed by atoms with E-state index >= 15 is 0 Å². The minimum absolute atomic E-state index is 0.119. The summed E-state index contributed by atoms with van der Waals surface area (Å²) >= 11 is 1.10. The molecular weight excluding hydrogens is 264 g/mol. The first-order chi connectivity index (χ1) is 9.19. The lowest BCUT2D eigenvalue weighted by Crippen LogP contribution is -1.89. The summed E-state index contributed by atoms with van der Waals surface area (Å²) < 4.78 is 5.33. The zero-order valence-corrected chi connectivity index (χ0v) is 11.1. The summed E-state index contributed by atoms with van der Waals surface area (Å²) in [5.41, 5.74) is 0.777. The molecule has 6 heteroatoms.